The molecule has 1 atom stereocenters. The van der Waals surface area contributed by atoms with Crippen LogP contribution >= 0.6 is 0 Å². The summed E-state index contributed by atoms with van der Waals surface area (Å²) >= 11 is 0. The lowest BCUT2D eigenvalue weighted by molar-refractivity contribution is -0.144. The molecule has 0 radical (unpaired) electrons. The van der Waals surface area contributed by atoms with E-state index in [4.69, 9.17) is 0 Å². The van der Waals surface area contributed by atoms with Crippen molar-refractivity contribution in [3.05, 3.63) is 54.1 Å². The van der Waals surface area contributed by atoms with Crippen LogP contribution in [0.1, 0.15) is 30.7 Å². The van der Waals surface area contributed by atoms with E-state index in [0.29, 0.717) is 19.4 Å². The normalized spacial score (nSPS) is 20.3. The molecule has 7 nitrogen and oxygen atoms in total. The van der Waals surface area contributed by atoms with E-state index in [2.05, 4.69) is 22.0 Å². The van der Waals surface area contributed by atoms with Gasteiger partial charge in [-0.1, -0.05) is 30.3 Å². The van der Waals surface area contributed by atoms with Gasteiger partial charge in [0.15, 0.2) is 0 Å². The van der Waals surface area contributed by atoms with Gasteiger partial charge in [-0.3, -0.25) is 14.5 Å². The van der Waals surface area contributed by atoms with Crippen LogP contribution in [0.25, 0.3) is 0 Å². The number of aromatic nitrogens is 2. The van der Waals surface area contributed by atoms with Crippen LogP contribution in [0.15, 0.2) is 42.7 Å². The Balaban J connectivity index is 1.23. The first-order valence-corrected chi connectivity index (χ1v) is 11.4. The number of imidazole rings is 1. The number of rotatable bonds is 7. The highest BCUT2D eigenvalue weighted by Crippen LogP contribution is 2.21. The Morgan fingerprint density at radius 2 is 1.90 bits per heavy atom. The van der Waals surface area contributed by atoms with Crippen LogP contribution in [0.3, 0.4) is 0 Å². The first kappa shape index (κ1) is 21.6. The zero-order valence-electron chi connectivity index (χ0n) is 18.4. The summed E-state index contributed by atoms with van der Waals surface area (Å²) in [5.74, 6) is 1.40. The van der Waals surface area contributed by atoms with Gasteiger partial charge >= 0.3 is 0 Å². The van der Waals surface area contributed by atoms with Gasteiger partial charge in [0, 0.05) is 65.1 Å². The molecule has 0 aliphatic carbocycles. The smallest absolute Gasteiger partial charge is 0.227 e. The maximum absolute atomic E-state index is 13.1. The van der Waals surface area contributed by atoms with E-state index < -0.39 is 0 Å². The number of carbonyl (C=O) groups excluding carboxylic acids is 2. The molecule has 4 rings (SSSR count). The molecular weight excluding hydrogens is 390 g/mol. The highest BCUT2D eigenvalue weighted by molar-refractivity contribution is 5.84. The third-order valence-electron chi connectivity index (χ3n) is 6.56. The number of hydrogen-bond acceptors (Lipinski definition) is 4. The highest BCUT2D eigenvalue weighted by Gasteiger charge is 2.33. The Morgan fingerprint density at radius 1 is 1.13 bits per heavy atom. The average molecular weight is 424 g/mol. The Kier molecular flexibility index (Phi) is 7.02. The molecule has 2 aromatic rings. The van der Waals surface area contributed by atoms with Crippen LogP contribution in [0, 0.1) is 5.92 Å². The van der Waals surface area contributed by atoms with Crippen molar-refractivity contribution >= 4 is 11.8 Å². The molecule has 7 heteroatoms. The number of hydrogen-bond donors (Lipinski definition) is 0. The summed E-state index contributed by atoms with van der Waals surface area (Å²) in [4.78, 5) is 36.2. The molecule has 2 aliphatic rings. The van der Waals surface area contributed by atoms with Crippen LogP contribution in [-0.2, 0) is 29.6 Å². The Hall–Kier alpha value is -2.67. The predicted octanol–water partition coefficient (Wildman–Crippen LogP) is 1.94. The monoisotopic (exact) mass is 423 g/mol. The molecule has 3 heterocycles. The number of amides is 2. The second-order valence-electron chi connectivity index (χ2n) is 8.72. The number of carbonyl (C=O) groups is 2. The van der Waals surface area contributed by atoms with Gasteiger partial charge in [0.1, 0.15) is 5.82 Å². The first-order valence-electron chi connectivity index (χ1n) is 11.4. The van der Waals surface area contributed by atoms with Crippen LogP contribution in [0.2, 0.25) is 0 Å². The van der Waals surface area contributed by atoms with E-state index in [9.17, 15) is 9.59 Å². The molecule has 0 unspecified atom stereocenters. The van der Waals surface area contributed by atoms with Crippen molar-refractivity contribution in [2.24, 2.45) is 13.0 Å². The second kappa shape index (κ2) is 10.1. The molecule has 1 aromatic heterocycles. The van der Waals surface area contributed by atoms with Crippen molar-refractivity contribution in [1.82, 2.24) is 24.3 Å². The molecule has 0 spiro atoms. The molecular formula is C24H33N5O2. The lowest BCUT2D eigenvalue weighted by atomic mass is 9.95. The van der Waals surface area contributed by atoms with E-state index in [0.717, 1.165) is 57.9 Å². The number of aryl methyl sites for hydroxylation is 2. The zero-order valence-corrected chi connectivity index (χ0v) is 18.4. The SMILES string of the molecule is Cn1ccnc1CN1CCN(C(=O)[C@@H]2CCC(=O)N(CCCc3ccccc3)C2)CC1. The number of likely N-dealkylation sites (tertiary alicyclic amines) is 1. The fourth-order valence-electron chi connectivity index (χ4n) is 4.58. The second-order valence-corrected chi connectivity index (χ2v) is 8.72. The van der Waals surface area contributed by atoms with E-state index in [-0.39, 0.29) is 17.7 Å². The van der Waals surface area contributed by atoms with Gasteiger partial charge in [-0.15, -0.1) is 0 Å². The van der Waals surface area contributed by atoms with Gasteiger partial charge in [-0.05, 0) is 24.8 Å². The lowest BCUT2D eigenvalue weighted by Crippen LogP contribution is -2.53. The Labute approximate surface area is 184 Å². The minimum absolute atomic E-state index is 0.0597. The van der Waals surface area contributed by atoms with Crippen LogP contribution in [0.5, 0.6) is 0 Å². The summed E-state index contributed by atoms with van der Waals surface area (Å²) in [6, 6.07) is 10.4. The van der Waals surface area contributed by atoms with Crippen LogP contribution < -0.4 is 0 Å². The van der Waals surface area contributed by atoms with Gasteiger partial charge < -0.3 is 14.4 Å². The maximum atomic E-state index is 13.1. The molecule has 2 aliphatic heterocycles. The summed E-state index contributed by atoms with van der Waals surface area (Å²) in [6.07, 6.45) is 6.85. The van der Waals surface area contributed by atoms with E-state index in [1.807, 2.05) is 52.0 Å². The molecule has 1 aromatic carbocycles. The van der Waals surface area contributed by atoms with E-state index in [1.54, 1.807) is 0 Å². The number of piperazine rings is 1. The third kappa shape index (κ3) is 5.53. The van der Waals surface area contributed by atoms with Crippen molar-refractivity contribution in [3.63, 3.8) is 0 Å². The standard InChI is InChI=1S/C24H33N5O2/c1-26-13-11-25-22(26)19-27-14-16-28(17-15-27)24(31)21-9-10-23(30)29(18-21)12-5-8-20-6-3-2-4-7-20/h2-4,6-7,11,13,21H,5,8-10,12,14-19H2,1H3/t21-/m1/s1. The maximum Gasteiger partial charge on any atom is 0.227 e. The van der Waals surface area contributed by atoms with E-state index >= 15 is 0 Å². The minimum atomic E-state index is -0.0597. The Bertz CT molecular complexity index is 873. The van der Waals surface area contributed by atoms with Crippen LogP contribution in [0.4, 0.5) is 0 Å². The fraction of sp³-hybridized carbons (Fsp3) is 0.542. The highest BCUT2D eigenvalue weighted by atomic mass is 16.2. The fourth-order valence-corrected chi connectivity index (χ4v) is 4.58. The molecule has 0 bridgehead atoms. The van der Waals surface area contributed by atoms with Gasteiger partial charge in [-0.25, -0.2) is 4.98 Å². The first-order chi connectivity index (χ1) is 15.1. The Morgan fingerprint density at radius 3 is 2.61 bits per heavy atom. The summed E-state index contributed by atoms with van der Waals surface area (Å²) in [6.45, 7) is 5.35. The molecule has 31 heavy (non-hydrogen) atoms. The van der Waals surface area contributed by atoms with Gasteiger partial charge in [0.2, 0.25) is 11.8 Å². The summed E-state index contributed by atoms with van der Waals surface area (Å²) in [5.41, 5.74) is 1.29. The molecule has 2 saturated heterocycles. The molecule has 2 fully saturated rings. The van der Waals surface area contributed by atoms with Crippen LogP contribution in [-0.4, -0.2) is 75.3 Å². The molecule has 2 amide bonds. The quantitative estimate of drug-likeness (QED) is 0.683. The average Bonchev–Trinajstić information content (AvgIpc) is 3.20. The van der Waals surface area contributed by atoms with Gasteiger partial charge in [0.25, 0.3) is 0 Å². The topological polar surface area (TPSA) is 61.7 Å². The van der Waals surface area contributed by atoms with Crippen molar-refractivity contribution in [3.8, 4) is 0 Å². The predicted molar refractivity (Wildman–Crippen MR) is 119 cm³/mol. The van der Waals surface area contributed by atoms with Crippen molar-refractivity contribution in [2.45, 2.75) is 32.2 Å². The van der Waals surface area contributed by atoms with Crippen molar-refractivity contribution in [1.29, 1.82) is 0 Å². The third-order valence-corrected chi connectivity index (χ3v) is 6.56. The number of nitrogens with zero attached hydrogens (tertiary/aromatic N) is 5. The van der Waals surface area contributed by atoms with Crippen molar-refractivity contribution in [2.75, 3.05) is 39.3 Å². The lowest BCUT2D eigenvalue weighted by Gasteiger charge is -2.38. The van der Waals surface area contributed by atoms with Gasteiger partial charge in [0.05, 0.1) is 12.5 Å². The zero-order chi connectivity index (χ0) is 21.6. The molecule has 0 saturated carbocycles. The van der Waals surface area contributed by atoms with E-state index in [1.165, 1.54) is 5.56 Å². The summed E-state index contributed by atoms with van der Waals surface area (Å²) < 4.78 is 2.04. The van der Waals surface area contributed by atoms with Crippen molar-refractivity contribution < 1.29 is 9.59 Å². The largest absolute Gasteiger partial charge is 0.342 e. The number of piperidine rings is 1. The van der Waals surface area contributed by atoms with Gasteiger partial charge in [-0.2, -0.15) is 0 Å². The summed E-state index contributed by atoms with van der Waals surface area (Å²) in [5, 5.41) is 0. The minimum Gasteiger partial charge on any atom is -0.342 e. The molecule has 0 N–H and O–H groups in total. The number of benzene rings is 1. The molecule has 166 valence electrons. The summed E-state index contributed by atoms with van der Waals surface area (Å²) in [7, 11) is 2.01.